The van der Waals surface area contributed by atoms with E-state index in [1.54, 1.807) is 0 Å². The lowest BCUT2D eigenvalue weighted by Gasteiger charge is -2.37. The molecule has 70 heavy (non-hydrogen) atoms. The SMILES string of the molecule is c1ccc(-c2ccc(-n3c4ccccc4c4cccc(-n5c6ccccc6c6ccc(-n7c8ccccc8c8ccccc87)c([Si](c7ccccc7)(c7ccccc7)c7ccccc7)c65)c43)cc2)cc1. The molecule has 4 heteroatoms. The zero-order chi connectivity index (χ0) is 46.2. The van der Waals surface area contributed by atoms with E-state index in [4.69, 9.17) is 0 Å². The first-order valence-electron chi connectivity index (χ1n) is 24.2. The summed E-state index contributed by atoms with van der Waals surface area (Å²) in [5.74, 6) is 0. The minimum atomic E-state index is -3.33. The Labute approximate surface area is 407 Å². The lowest BCUT2D eigenvalue weighted by molar-refractivity contribution is 1.13. The number of fused-ring (bicyclic) bond motifs is 9. The number of rotatable bonds is 8. The van der Waals surface area contributed by atoms with Gasteiger partial charge in [-0.25, -0.2) is 0 Å². The average molecular weight is 908 g/mol. The van der Waals surface area contributed by atoms with Gasteiger partial charge in [-0.3, -0.25) is 0 Å². The van der Waals surface area contributed by atoms with Crippen molar-refractivity contribution < 1.29 is 0 Å². The molecule has 0 spiro atoms. The molecule has 3 nitrogen and oxygen atoms in total. The lowest BCUT2D eigenvalue weighted by Crippen LogP contribution is -2.75. The van der Waals surface area contributed by atoms with E-state index in [-0.39, 0.29) is 0 Å². The van der Waals surface area contributed by atoms with E-state index in [1.165, 1.54) is 103 Å². The first kappa shape index (κ1) is 40.1. The standard InChI is InChI=1S/C66H45N3Si/c1-5-22-46(23-6-1)47-40-42-48(43-41-47)67-58-35-17-15-32-54(58)56-34-21-39-62(64(56)67)69-61-38-20-16-33-55(61)57-44-45-63(68-59-36-18-13-30-52(59)53-31-14-19-37-60(53)68)66(65(57)69)70(49-24-7-2-8-25-49,50-26-9-3-10-27-50)51-28-11-4-12-29-51/h1-45H. The highest BCUT2D eigenvalue weighted by Crippen LogP contribution is 2.42. The van der Waals surface area contributed by atoms with Crippen LogP contribution in [0.15, 0.2) is 273 Å². The second-order valence-corrected chi connectivity index (χ2v) is 22.1. The van der Waals surface area contributed by atoms with Crippen molar-refractivity contribution in [2.24, 2.45) is 0 Å². The Bertz CT molecular complexity index is 4110. The van der Waals surface area contributed by atoms with Crippen LogP contribution in [-0.2, 0) is 0 Å². The Morgan fingerprint density at radius 3 is 1.13 bits per heavy atom. The second-order valence-electron chi connectivity index (χ2n) is 18.4. The summed E-state index contributed by atoms with van der Waals surface area (Å²) >= 11 is 0. The van der Waals surface area contributed by atoms with Crippen LogP contribution in [0, 0.1) is 0 Å². The molecular formula is C66H45N3Si. The molecule has 0 saturated carbocycles. The predicted octanol–water partition coefficient (Wildman–Crippen LogP) is 14.0. The summed E-state index contributed by atoms with van der Waals surface area (Å²) in [5.41, 5.74) is 12.9. The van der Waals surface area contributed by atoms with Gasteiger partial charge in [-0.2, -0.15) is 0 Å². The molecule has 0 unspecified atom stereocenters. The van der Waals surface area contributed by atoms with Gasteiger partial charge in [0.2, 0.25) is 0 Å². The van der Waals surface area contributed by atoms with Gasteiger partial charge in [0.15, 0.2) is 8.07 Å². The molecule has 3 heterocycles. The van der Waals surface area contributed by atoms with Gasteiger partial charge >= 0.3 is 0 Å². The van der Waals surface area contributed by atoms with Crippen LogP contribution < -0.4 is 20.7 Å². The zero-order valence-electron chi connectivity index (χ0n) is 38.3. The smallest absolute Gasteiger partial charge is 0.184 e. The van der Waals surface area contributed by atoms with Gasteiger partial charge in [0, 0.05) is 48.9 Å². The highest BCUT2D eigenvalue weighted by atomic mass is 28.3. The van der Waals surface area contributed by atoms with Gasteiger partial charge in [-0.1, -0.05) is 224 Å². The Morgan fingerprint density at radius 2 is 0.614 bits per heavy atom. The number of aromatic nitrogens is 3. The lowest BCUT2D eigenvalue weighted by atomic mass is 10.1. The summed E-state index contributed by atoms with van der Waals surface area (Å²) in [6, 6.07) is 102. The van der Waals surface area contributed by atoms with Crippen LogP contribution in [-0.4, -0.2) is 21.8 Å². The first-order valence-corrected chi connectivity index (χ1v) is 26.2. The molecule has 3 aromatic heterocycles. The summed E-state index contributed by atoms with van der Waals surface area (Å²) in [7, 11) is -3.33. The highest BCUT2D eigenvalue weighted by Gasteiger charge is 2.46. The van der Waals surface area contributed by atoms with Crippen molar-refractivity contribution >= 4 is 94.2 Å². The summed E-state index contributed by atoms with van der Waals surface area (Å²) in [6.45, 7) is 0. The van der Waals surface area contributed by atoms with Crippen LogP contribution in [0.1, 0.15) is 0 Å². The number of para-hydroxylation sites is 5. The minimum absolute atomic E-state index is 1.12. The van der Waals surface area contributed by atoms with Gasteiger partial charge in [-0.15, -0.1) is 0 Å². The monoisotopic (exact) mass is 907 g/mol. The van der Waals surface area contributed by atoms with E-state index in [0.29, 0.717) is 0 Å². The maximum atomic E-state index is 2.64. The molecule has 14 rings (SSSR count). The summed E-state index contributed by atoms with van der Waals surface area (Å²) in [5, 5.41) is 12.7. The third-order valence-corrected chi connectivity index (χ3v) is 19.6. The second kappa shape index (κ2) is 16.1. The van der Waals surface area contributed by atoms with Gasteiger partial charge in [0.25, 0.3) is 0 Å². The molecule has 0 N–H and O–H groups in total. The highest BCUT2D eigenvalue weighted by molar-refractivity contribution is 7.21. The van der Waals surface area contributed by atoms with Crippen molar-refractivity contribution in [1.29, 1.82) is 0 Å². The molecule has 0 radical (unpaired) electrons. The summed E-state index contributed by atoms with van der Waals surface area (Å²) in [6.07, 6.45) is 0. The van der Waals surface area contributed by atoms with Gasteiger partial charge in [0.05, 0.1) is 38.8 Å². The van der Waals surface area contributed by atoms with Crippen LogP contribution in [0.3, 0.4) is 0 Å². The van der Waals surface area contributed by atoms with Crippen LogP contribution >= 0.6 is 0 Å². The number of hydrogen-bond donors (Lipinski definition) is 0. The normalized spacial score (nSPS) is 12.0. The maximum Gasteiger partial charge on any atom is 0.184 e. The van der Waals surface area contributed by atoms with Crippen LogP contribution in [0.5, 0.6) is 0 Å². The van der Waals surface area contributed by atoms with Gasteiger partial charge in [0.1, 0.15) is 0 Å². The molecular weight excluding hydrogens is 863 g/mol. The molecule has 0 fully saturated rings. The van der Waals surface area contributed by atoms with Gasteiger partial charge in [-0.05, 0) is 75.2 Å². The minimum Gasteiger partial charge on any atom is -0.309 e. The van der Waals surface area contributed by atoms with Crippen molar-refractivity contribution in [1.82, 2.24) is 13.7 Å². The quantitative estimate of drug-likeness (QED) is 0.107. The molecule has 0 bridgehead atoms. The van der Waals surface area contributed by atoms with Crippen molar-refractivity contribution in [3.8, 4) is 28.2 Å². The fourth-order valence-corrected chi connectivity index (χ4v) is 17.0. The summed E-state index contributed by atoms with van der Waals surface area (Å²) < 4.78 is 7.72. The zero-order valence-corrected chi connectivity index (χ0v) is 39.3. The molecule has 11 aromatic carbocycles. The molecule has 0 saturated heterocycles. The van der Waals surface area contributed by atoms with E-state index in [1.807, 2.05) is 0 Å². The number of nitrogens with zero attached hydrogens (tertiary/aromatic N) is 3. The van der Waals surface area contributed by atoms with Crippen molar-refractivity contribution in [3.05, 3.63) is 273 Å². The van der Waals surface area contributed by atoms with Crippen molar-refractivity contribution in [2.45, 2.75) is 0 Å². The van der Waals surface area contributed by atoms with E-state index in [9.17, 15) is 0 Å². The van der Waals surface area contributed by atoms with E-state index in [0.717, 1.165) is 11.4 Å². The van der Waals surface area contributed by atoms with E-state index in [2.05, 4.69) is 287 Å². The molecule has 0 atom stereocenters. The topological polar surface area (TPSA) is 14.8 Å². The Kier molecular flexibility index (Phi) is 9.23. The molecule has 0 amide bonds. The third kappa shape index (κ3) is 5.87. The fourth-order valence-electron chi connectivity index (χ4n) is 11.9. The van der Waals surface area contributed by atoms with Crippen LogP contribution in [0.4, 0.5) is 0 Å². The third-order valence-electron chi connectivity index (χ3n) is 14.8. The van der Waals surface area contributed by atoms with Crippen molar-refractivity contribution in [2.75, 3.05) is 0 Å². The van der Waals surface area contributed by atoms with E-state index >= 15 is 0 Å². The Balaban J connectivity index is 1.22. The number of hydrogen-bond acceptors (Lipinski definition) is 0. The van der Waals surface area contributed by atoms with Crippen LogP contribution in [0.25, 0.3) is 93.6 Å². The molecule has 328 valence electrons. The van der Waals surface area contributed by atoms with Gasteiger partial charge < -0.3 is 13.7 Å². The Hall–Kier alpha value is -8.96. The fraction of sp³-hybridized carbons (Fsp3) is 0. The largest absolute Gasteiger partial charge is 0.309 e. The van der Waals surface area contributed by atoms with Crippen LogP contribution in [0.2, 0.25) is 0 Å². The molecule has 0 aliphatic carbocycles. The van der Waals surface area contributed by atoms with Crippen molar-refractivity contribution in [3.63, 3.8) is 0 Å². The number of benzene rings is 11. The molecule has 14 aromatic rings. The Morgan fingerprint density at radius 1 is 0.229 bits per heavy atom. The molecule has 0 aliphatic rings. The van der Waals surface area contributed by atoms with E-state index < -0.39 is 8.07 Å². The molecule has 0 aliphatic heterocycles. The first-order chi connectivity index (χ1) is 34.8. The average Bonchev–Trinajstić information content (AvgIpc) is 4.09. The maximum absolute atomic E-state index is 3.33. The summed E-state index contributed by atoms with van der Waals surface area (Å²) in [4.78, 5) is 0. The predicted molar refractivity (Wildman–Crippen MR) is 299 cm³/mol.